The highest BCUT2D eigenvalue weighted by Crippen LogP contribution is 2.28. The Morgan fingerprint density at radius 2 is 2.25 bits per heavy atom. The maximum absolute atomic E-state index is 9.29. The Morgan fingerprint density at radius 1 is 1.50 bits per heavy atom. The molecule has 0 unspecified atom stereocenters. The van der Waals surface area contributed by atoms with Gasteiger partial charge in [-0.1, -0.05) is 17.7 Å². The summed E-state index contributed by atoms with van der Waals surface area (Å²) in [6.45, 7) is 6.02. The van der Waals surface area contributed by atoms with Gasteiger partial charge in [0.2, 0.25) is 0 Å². The van der Waals surface area contributed by atoms with Gasteiger partial charge in [0.15, 0.2) is 5.11 Å². The molecule has 1 atom stereocenters. The predicted molar refractivity (Wildman–Crippen MR) is 88.5 cm³/mol. The molecule has 0 amide bonds. The number of piperidine rings is 1. The third-order valence-corrected chi connectivity index (χ3v) is 4.39. The molecule has 2 rings (SSSR count). The molecule has 0 saturated carbocycles. The van der Waals surface area contributed by atoms with Crippen molar-refractivity contribution in [2.24, 2.45) is 5.92 Å². The van der Waals surface area contributed by atoms with Gasteiger partial charge in [0.25, 0.3) is 0 Å². The average Bonchev–Trinajstić information content (AvgIpc) is 2.42. The van der Waals surface area contributed by atoms with Crippen molar-refractivity contribution in [3.05, 3.63) is 28.3 Å². The Labute approximate surface area is 130 Å². The van der Waals surface area contributed by atoms with E-state index in [1.165, 1.54) is 0 Å². The molecule has 0 spiro atoms. The quantitative estimate of drug-likeness (QED) is 0.821. The molecule has 2 N–H and O–H groups in total. The van der Waals surface area contributed by atoms with Crippen LogP contribution in [0.2, 0.25) is 5.02 Å². The lowest BCUT2D eigenvalue weighted by atomic mass is 9.99. The van der Waals surface area contributed by atoms with Crippen LogP contribution in [0.15, 0.2) is 12.1 Å². The molecule has 1 aromatic carbocycles. The van der Waals surface area contributed by atoms with Gasteiger partial charge in [-0.2, -0.15) is 0 Å². The second-order valence-corrected chi connectivity index (χ2v) is 6.30. The van der Waals surface area contributed by atoms with Crippen LogP contribution < -0.4 is 5.32 Å². The third kappa shape index (κ3) is 3.62. The van der Waals surface area contributed by atoms with E-state index >= 15 is 0 Å². The summed E-state index contributed by atoms with van der Waals surface area (Å²) in [6, 6.07) is 4.02. The number of nitrogens with one attached hydrogen (secondary N) is 1. The molecular formula is C15H21ClN2OS. The van der Waals surface area contributed by atoms with Crippen molar-refractivity contribution in [1.29, 1.82) is 0 Å². The van der Waals surface area contributed by atoms with Crippen LogP contribution in [0.25, 0.3) is 0 Å². The van der Waals surface area contributed by atoms with Crippen LogP contribution >= 0.6 is 23.8 Å². The Bertz CT molecular complexity index is 484. The monoisotopic (exact) mass is 312 g/mol. The first-order chi connectivity index (χ1) is 9.51. The first kappa shape index (κ1) is 15.5. The van der Waals surface area contributed by atoms with Gasteiger partial charge in [0, 0.05) is 19.7 Å². The molecule has 0 bridgehead atoms. The molecule has 1 aliphatic rings. The summed E-state index contributed by atoms with van der Waals surface area (Å²) in [6.07, 6.45) is 2.13. The first-order valence-corrected chi connectivity index (χ1v) is 7.73. The highest BCUT2D eigenvalue weighted by molar-refractivity contribution is 7.80. The van der Waals surface area contributed by atoms with Crippen LogP contribution in [0.3, 0.4) is 0 Å². The van der Waals surface area contributed by atoms with Gasteiger partial charge in [-0.25, -0.2) is 0 Å². The van der Waals surface area contributed by atoms with Gasteiger partial charge < -0.3 is 15.3 Å². The first-order valence-electron chi connectivity index (χ1n) is 6.94. The zero-order valence-electron chi connectivity index (χ0n) is 11.9. The van der Waals surface area contributed by atoms with Crippen LogP contribution in [0.1, 0.15) is 24.0 Å². The van der Waals surface area contributed by atoms with Gasteiger partial charge in [-0.05, 0) is 62.0 Å². The van der Waals surface area contributed by atoms with Crippen LogP contribution in [-0.4, -0.2) is 34.8 Å². The second-order valence-electron chi connectivity index (χ2n) is 5.51. The molecule has 1 saturated heterocycles. The average molecular weight is 313 g/mol. The number of hydrogen-bond donors (Lipinski definition) is 2. The molecule has 20 heavy (non-hydrogen) atoms. The number of nitrogens with zero attached hydrogens (tertiary/aromatic N) is 1. The lowest BCUT2D eigenvalue weighted by Crippen LogP contribution is -2.43. The Balaban J connectivity index is 2.08. The second kappa shape index (κ2) is 6.74. The number of aliphatic hydroxyl groups excluding tert-OH is 1. The molecular weight excluding hydrogens is 292 g/mol. The molecule has 5 heteroatoms. The van der Waals surface area contributed by atoms with E-state index in [1.807, 2.05) is 19.9 Å². The highest BCUT2D eigenvalue weighted by atomic mass is 35.5. The predicted octanol–water partition coefficient (Wildman–Crippen LogP) is 3.36. The van der Waals surface area contributed by atoms with Crippen molar-refractivity contribution < 1.29 is 5.11 Å². The number of likely N-dealkylation sites (tertiary alicyclic amines) is 1. The van der Waals surface area contributed by atoms with Crippen molar-refractivity contribution in [3.63, 3.8) is 0 Å². The molecule has 1 aliphatic heterocycles. The number of halogens is 1. The van der Waals surface area contributed by atoms with Crippen LogP contribution in [0, 0.1) is 19.8 Å². The van der Waals surface area contributed by atoms with E-state index < -0.39 is 0 Å². The fraction of sp³-hybridized carbons (Fsp3) is 0.533. The molecule has 1 fully saturated rings. The SMILES string of the molecule is Cc1cc(C)c(NC(=S)N2CCC[C@@H](CO)C2)c(Cl)c1. The van der Waals surface area contributed by atoms with E-state index in [9.17, 15) is 5.11 Å². The van der Waals surface area contributed by atoms with Crippen molar-refractivity contribution >= 4 is 34.6 Å². The minimum atomic E-state index is 0.226. The number of aryl methyl sites for hydroxylation is 2. The van der Waals surface area contributed by atoms with Gasteiger partial charge in [-0.15, -0.1) is 0 Å². The summed E-state index contributed by atoms with van der Waals surface area (Å²) in [5, 5.41) is 13.9. The fourth-order valence-electron chi connectivity index (χ4n) is 2.66. The van der Waals surface area contributed by atoms with Gasteiger partial charge in [-0.3, -0.25) is 0 Å². The van der Waals surface area contributed by atoms with E-state index in [2.05, 4.69) is 16.3 Å². The molecule has 0 radical (unpaired) electrons. The zero-order valence-corrected chi connectivity index (χ0v) is 13.5. The lowest BCUT2D eigenvalue weighted by molar-refractivity contribution is 0.162. The lowest BCUT2D eigenvalue weighted by Gasteiger charge is -2.34. The summed E-state index contributed by atoms with van der Waals surface area (Å²) in [5.41, 5.74) is 3.11. The number of anilines is 1. The highest BCUT2D eigenvalue weighted by Gasteiger charge is 2.21. The van der Waals surface area contributed by atoms with Crippen molar-refractivity contribution in [2.45, 2.75) is 26.7 Å². The summed E-state index contributed by atoms with van der Waals surface area (Å²) < 4.78 is 0. The Kier molecular flexibility index (Phi) is 5.24. The van der Waals surface area contributed by atoms with E-state index in [0.717, 1.165) is 42.7 Å². The van der Waals surface area contributed by atoms with E-state index in [1.54, 1.807) is 0 Å². The number of benzene rings is 1. The van der Waals surface area contributed by atoms with Crippen molar-refractivity contribution in [3.8, 4) is 0 Å². The zero-order chi connectivity index (χ0) is 14.7. The smallest absolute Gasteiger partial charge is 0.173 e. The number of hydrogen-bond acceptors (Lipinski definition) is 2. The van der Waals surface area contributed by atoms with Gasteiger partial charge in [0.1, 0.15) is 0 Å². The molecule has 1 heterocycles. The summed E-state index contributed by atoms with van der Waals surface area (Å²) in [7, 11) is 0. The Hall–Kier alpha value is -0.840. The number of aliphatic hydroxyl groups is 1. The summed E-state index contributed by atoms with van der Waals surface area (Å²) in [5.74, 6) is 0.318. The molecule has 3 nitrogen and oxygen atoms in total. The van der Waals surface area contributed by atoms with E-state index in [0.29, 0.717) is 16.1 Å². The molecule has 1 aromatic rings. The van der Waals surface area contributed by atoms with E-state index in [4.69, 9.17) is 23.8 Å². The minimum absolute atomic E-state index is 0.226. The van der Waals surface area contributed by atoms with Crippen molar-refractivity contribution in [2.75, 3.05) is 25.0 Å². The van der Waals surface area contributed by atoms with Gasteiger partial charge in [0.05, 0.1) is 10.7 Å². The summed E-state index contributed by atoms with van der Waals surface area (Å²) in [4.78, 5) is 2.12. The van der Waals surface area contributed by atoms with Crippen LogP contribution in [0.4, 0.5) is 5.69 Å². The summed E-state index contributed by atoms with van der Waals surface area (Å²) >= 11 is 11.8. The van der Waals surface area contributed by atoms with Crippen LogP contribution in [-0.2, 0) is 0 Å². The largest absolute Gasteiger partial charge is 0.396 e. The normalized spacial score (nSPS) is 19.0. The maximum atomic E-state index is 9.29. The Morgan fingerprint density at radius 3 is 2.90 bits per heavy atom. The number of thiocarbonyl (C=S) groups is 1. The fourth-order valence-corrected chi connectivity index (χ4v) is 3.29. The van der Waals surface area contributed by atoms with Crippen molar-refractivity contribution in [1.82, 2.24) is 4.90 Å². The van der Waals surface area contributed by atoms with E-state index in [-0.39, 0.29) is 6.61 Å². The molecule has 110 valence electrons. The third-order valence-electron chi connectivity index (χ3n) is 3.73. The number of rotatable bonds is 2. The standard InChI is InChI=1S/C15H21ClN2OS/c1-10-6-11(2)14(13(16)7-10)17-15(20)18-5-3-4-12(8-18)9-19/h6-7,12,19H,3-5,8-9H2,1-2H3,(H,17,20)/t12-/m1/s1. The minimum Gasteiger partial charge on any atom is -0.396 e. The molecule has 0 aliphatic carbocycles. The van der Waals surface area contributed by atoms with Crippen LogP contribution in [0.5, 0.6) is 0 Å². The molecule has 0 aromatic heterocycles. The topological polar surface area (TPSA) is 35.5 Å². The maximum Gasteiger partial charge on any atom is 0.173 e. The van der Waals surface area contributed by atoms with Gasteiger partial charge >= 0.3 is 0 Å².